The number of aromatic nitrogens is 2. The Balaban J connectivity index is 2.02. The lowest BCUT2D eigenvalue weighted by Gasteiger charge is -2.05. The standard InChI is InChI=1S/C10H8Cl2N2O2S/c1-17-10-14-13-9(16-10)5-15-8-3-2-6(11)4-7(8)12/h2-4H,5H2,1H3. The molecule has 0 N–H and O–H groups in total. The van der Waals surface area contributed by atoms with Crippen LogP contribution in [-0.2, 0) is 6.61 Å². The smallest absolute Gasteiger partial charge is 0.276 e. The number of hydrogen-bond acceptors (Lipinski definition) is 5. The summed E-state index contributed by atoms with van der Waals surface area (Å²) in [5.41, 5.74) is 0. The van der Waals surface area contributed by atoms with Crippen molar-refractivity contribution >= 4 is 35.0 Å². The first-order valence-corrected chi connectivity index (χ1v) is 6.61. The Morgan fingerprint density at radius 2 is 2.18 bits per heavy atom. The third kappa shape index (κ3) is 3.28. The van der Waals surface area contributed by atoms with E-state index in [1.165, 1.54) is 11.8 Å². The van der Waals surface area contributed by atoms with Gasteiger partial charge in [-0.1, -0.05) is 35.0 Å². The van der Waals surface area contributed by atoms with Crippen LogP contribution in [0.4, 0.5) is 0 Å². The Labute approximate surface area is 112 Å². The van der Waals surface area contributed by atoms with E-state index in [9.17, 15) is 0 Å². The van der Waals surface area contributed by atoms with E-state index in [1.54, 1.807) is 18.2 Å². The number of rotatable bonds is 4. The first kappa shape index (κ1) is 12.5. The molecule has 2 aromatic rings. The van der Waals surface area contributed by atoms with Crippen LogP contribution in [-0.4, -0.2) is 16.5 Å². The van der Waals surface area contributed by atoms with Gasteiger partial charge in [-0.15, -0.1) is 10.2 Å². The summed E-state index contributed by atoms with van der Waals surface area (Å²) < 4.78 is 10.7. The van der Waals surface area contributed by atoms with Crippen molar-refractivity contribution in [2.45, 2.75) is 11.8 Å². The molecule has 0 saturated heterocycles. The topological polar surface area (TPSA) is 48.2 Å². The molecule has 0 saturated carbocycles. The Hall–Kier alpha value is -0.910. The first-order chi connectivity index (χ1) is 8.19. The molecule has 1 heterocycles. The van der Waals surface area contributed by atoms with Crippen LogP contribution in [0, 0.1) is 0 Å². The summed E-state index contributed by atoms with van der Waals surface area (Å²) in [5, 5.41) is 9.13. The van der Waals surface area contributed by atoms with Gasteiger partial charge in [0.25, 0.3) is 11.1 Å². The van der Waals surface area contributed by atoms with Crippen molar-refractivity contribution in [3.63, 3.8) is 0 Å². The largest absolute Gasteiger partial charge is 0.482 e. The van der Waals surface area contributed by atoms with E-state index in [2.05, 4.69) is 10.2 Å². The van der Waals surface area contributed by atoms with Crippen molar-refractivity contribution in [3.05, 3.63) is 34.1 Å². The lowest BCUT2D eigenvalue weighted by atomic mass is 10.3. The highest BCUT2D eigenvalue weighted by Gasteiger charge is 2.07. The molecule has 0 radical (unpaired) electrons. The molecule has 0 spiro atoms. The van der Waals surface area contributed by atoms with Gasteiger partial charge in [-0.2, -0.15) is 0 Å². The summed E-state index contributed by atoms with van der Waals surface area (Å²) in [5.74, 6) is 0.931. The average Bonchev–Trinajstić information content (AvgIpc) is 2.76. The summed E-state index contributed by atoms with van der Waals surface area (Å²) in [6, 6.07) is 5.00. The van der Waals surface area contributed by atoms with Crippen LogP contribution in [0.1, 0.15) is 5.89 Å². The van der Waals surface area contributed by atoms with Crippen molar-refractivity contribution in [1.29, 1.82) is 0 Å². The zero-order valence-electron chi connectivity index (χ0n) is 8.81. The van der Waals surface area contributed by atoms with Crippen LogP contribution >= 0.6 is 35.0 Å². The van der Waals surface area contributed by atoms with E-state index in [-0.39, 0.29) is 6.61 Å². The fraction of sp³-hybridized carbons (Fsp3) is 0.200. The molecular weight excluding hydrogens is 283 g/mol. The fourth-order valence-electron chi connectivity index (χ4n) is 1.11. The van der Waals surface area contributed by atoms with Gasteiger partial charge >= 0.3 is 0 Å². The van der Waals surface area contributed by atoms with Gasteiger partial charge in [0.1, 0.15) is 5.75 Å². The van der Waals surface area contributed by atoms with E-state index in [0.717, 1.165) is 0 Å². The molecule has 0 aliphatic carbocycles. The molecule has 0 aliphatic heterocycles. The van der Waals surface area contributed by atoms with Gasteiger partial charge in [0.2, 0.25) is 0 Å². The van der Waals surface area contributed by atoms with Gasteiger partial charge in [0.05, 0.1) is 5.02 Å². The highest BCUT2D eigenvalue weighted by Crippen LogP contribution is 2.28. The number of nitrogens with zero attached hydrogens (tertiary/aromatic N) is 2. The molecule has 2 rings (SSSR count). The Bertz CT molecular complexity index is 519. The molecule has 17 heavy (non-hydrogen) atoms. The average molecular weight is 291 g/mol. The minimum atomic E-state index is 0.176. The van der Waals surface area contributed by atoms with Crippen molar-refractivity contribution in [2.75, 3.05) is 6.26 Å². The van der Waals surface area contributed by atoms with Crippen LogP contribution in [0.25, 0.3) is 0 Å². The Morgan fingerprint density at radius 3 is 2.82 bits per heavy atom. The molecule has 90 valence electrons. The number of ether oxygens (including phenoxy) is 1. The second-order valence-corrected chi connectivity index (χ2v) is 4.63. The van der Waals surface area contributed by atoms with Crippen LogP contribution in [0.15, 0.2) is 27.8 Å². The molecule has 0 bridgehead atoms. The first-order valence-electron chi connectivity index (χ1n) is 4.63. The fourth-order valence-corrected chi connectivity index (χ4v) is 1.88. The van der Waals surface area contributed by atoms with Crippen molar-refractivity contribution in [3.8, 4) is 5.75 Å². The Morgan fingerprint density at radius 1 is 1.35 bits per heavy atom. The van der Waals surface area contributed by atoms with Crippen molar-refractivity contribution < 1.29 is 9.15 Å². The maximum atomic E-state index is 5.95. The van der Waals surface area contributed by atoms with Crippen LogP contribution in [0.3, 0.4) is 0 Å². The molecule has 1 aromatic carbocycles. The summed E-state index contributed by atoms with van der Waals surface area (Å²) >= 11 is 13.1. The number of hydrogen-bond donors (Lipinski definition) is 0. The van der Waals surface area contributed by atoms with Crippen molar-refractivity contribution in [2.24, 2.45) is 0 Å². The molecule has 0 atom stereocenters. The van der Waals surface area contributed by atoms with Gasteiger partial charge < -0.3 is 9.15 Å². The minimum absolute atomic E-state index is 0.176. The predicted octanol–water partition coefficient (Wildman–Crippen LogP) is 3.68. The molecule has 4 nitrogen and oxygen atoms in total. The van der Waals surface area contributed by atoms with E-state index in [1.807, 2.05) is 6.26 Å². The minimum Gasteiger partial charge on any atom is -0.482 e. The summed E-state index contributed by atoms with van der Waals surface area (Å²) in [6.45, 7) is 0.176. The lowest BCUT2D eigenvalue weighted by molar-refractivity contribution is 0.252. The van der Waals surface area contributed by atoms with Crippen LogP contribution < -0.4 is 4.74 Å². The van der Waals surface area contributed by atoms with E-state index < -0.39 is 0 Å². The normalized spacial score (nSPS) is 10.5. The van der Waals surface area contributed by atoms with Crippen molar-refractivity contribution in [1.82, 2.24) is 10.2 Å². The number of halogens is 2. The highest BCUT2D eigenvalue weighted by molar-refractivity contribution is 7.98. The summed E-state index contributed by atoms with van der Waals surface area (Å²) in [7, 11) is 0. The third-order valence-electron chi connectivity index (χ3n) is 1.87. The second-order valence-electron chi connectivity index (χ2n) is 3.03. The van der Waals surface area contributed by atoms with Crippen LogP contribution in [0.5, 0.6) is 5.75 Å². The molecule has 1 aromatic heterocycles. The van der Waals surface area contributed by atoms with E-state index in [0.29, 0.717) is 26.9 Å². The molecule has 7 heteroatoms. The van der Waals surface area contributed by atoms with Gasteiger partial charge in [-0.25, -0.2) is 0 Å². The lowest BCUT2D eigenvalue weighted by Crippen LogP contribution is -1.96. The van der Waals surface area contributed by atoms with Gasteiger partial charge in [0, 0.05) is 5.02 Å². The number of thioether (sulfide) groups is 1. The monoisotopic (exact) mass is 290 g/mol. The zero-order chi connectivity index (χ0) is 12.3. The van der Waals surface area contributed by atoms with E-state index in [4.69, 9.17) is 32.4 Å². The molecule has 0 amide bonds. The zero-order valence-corrected chi connectivity index (χ0v) is 11.1. The predicted molar refractivity (Wildman–Crippen MR) is 66.9 cm³/mol. The van der Waals surface area contributed by atoms with Gasteiger partial charge in [0.15, 0.2) is 6.61 Å². The molecule has 0 unspecified atom stereocenters. The summed E-state index contributed by atoms with van der Waals surface area (Å²) in [4.78, 5) is 0. The maximum absolute atomic E-state index is 5.95. The van der Waals surface area contributed by atoms with E-state index >= 15 is 0 Å². The Kier molecular flexibility index (Phi) is 4.15. The molecular formula is C10H8Cl2N2O2S. The second kappa shape index (κ2) is 5.62. The molecule has 0 aliphatic rings. The summed E-state index contributed by atoms with van der Waals surface area (Å²) in [6.07, 6.45) is 1.86. The number of benzene rings is 1. The maximum Gasteiger partial charge on any atom is 0.276 e. The third-order valence-corrected chi connectivity index (χ3v) is 2.91. The quantitative estimate of drug-likeness (QED) is 0.804. The molecule has 0 fully saturated rings. The van der Waals surface area contributed by atoms with Crippen LogP contribution in [0.2, 0.25) is 10.0 Å². The van der Waals surface area contributed by atoms with Gasteiger partial charge in [-0.05, 0) is 24.5 Å². The SMILES string of the molecule is CSc1nnc(COc2ccc(Cl)cc2Cl)o1. The van der Waals surface area contributed by atoms with Gasteiger partial charge in [-0.3, -0.25) is 0 Å². The highest BCUT2D eigenvalue weighted by atomic mass is 35.5.